The molecular weight excluding hydrogens is 361 g/mol. The maximum Gasteiger partial charge on any atom is 0.537 e. The van der Waals surface area contributed by atoms with Crippen molar-refractivity contribution in [2.75, 3.05) is 0 Å². The second-order valence-corrected chi connectivity index (χ2v) is 4.89. The first-order valence-corrected chi connectivity index (χ1v) is 6.47. The van der Waals surface area contributed by atoms with Crippen LogP contribution in [0.15, 0.2) is 0 Å². The Balaban J connectivity index is 3.06. The first-order chi connectivity index (χ1) is 10.6. The molecule has 0 aliphatic rings. The highest BCUT2D eigenvalue weighted by atomic mass is 27.2. The first kappa shape index (κ1) is 17.6. The van der Waals surface area contributed by atoms with Crippen LogP contribution in [0.1, 0.15) is 0 Å². The molecule has 0 bridgehead atoms. The monoisotopic (exact) mass is 361 g/mol. The number of hydrogen-bond acceptors (Lipinski definition) is 0. The van der Waals surface area contributed by atoms with Crippen molar-refractivity contribution in [3.8, 4) is 11.1 Å². The highest BCUT2D eigenvalue weighted by molar-refractivity contribution is 6.49. The van der Waals surface area contributed by atoms with Crippen molar-refractivity contribution in [1.29, 1.82) is 0 Å². The molecular formula is C12AlF10. The van der Waals surface area contributed by atoms with Gasteiger partial charge in [-0.1, -0.05) is 0 Å². The third kappa shape index (κ3) is 2.48. The average molecular weight is 361 g/mol. The van der Waals surface area contributed by atoms with Gasteiger partial charge in [0.1, 0.15) is 0 Å². The molecule has 0 aliphatic carbocycles. The summed E-state index contributed by atoms with van der Waals surface area (Å²) in [6.45, 7) is 0. The number of halogens is 10. The van der Waals surface area contributed by atoms with Crippen molar-refractivity contribution < 1.29 is 43.0 Å². The summed E-state index contributed by atoms with van der Waals surface area (Å²) < 4.78 is 131. The predicted octanol–water partition coefficient (Wildman–Crippen LogP) is 3.82. The van der Waals surface area contributed by atoms with Crippen molar-refractivity contribution in [1.82, 2.24) is 0 Å². The molecule has 0 N–H and O–H groups in total. The van der Waals surface area contributed by atoms with Crippen LogP contribution in [0.3, 0.4) is 0 Å². The fourth-order valence-electron chi connectivity index (χ4n) is 1.82. The molecule has 0 nitrogen and oxygen atoms in total. The Labute approximate surface area is 127 Å². The van der Waals surface area contributed by atoms with E-state index in [4.69, 9.17) is 0 Å². The number of hydrogen-bond donors (Lipinski definition) is 0. The Morgan fingerprint density at radius 3 is 1.09 bits per heavy atom. The third-order valence-electron chi connectivity index (χ3n) is 2.87. The van der Waals surface area contributed by atoms with Crippen LogP contribution in [0.5, 0.6) is 0 Å². The van der Waals surface area contributed by atoms with Gasteiger partial charge in [0, 0.05) is 5.56 Å². The molecule has 11 heteroatoms. The van der Waals surface area contributed by atoms with E-state index in [0.29, 0.717) is 0 Å². The second kappa shape index (κ2) is 6.05. The summed E-state index contributed by atoms with van der Waals surface area (Å²) in [6, 6.07) is 0. The van der Waals surface area contributed by atoms with Crippen molar-refractivity contribution in [2.24, 2.45) is 0 Å². The molecule has 2 rings (SSSR count). The molecule has 0 atom stereocenters. The lowest BCUT2D eigenvalue weighted by atomic mass is 10.0. The first-order valence-electron chi connectivity index (χ1n) is 5.46. The van der Waals surface area contributed by atoms with Crippen LogP contribution in [0, 0.1) is 52.4 Å². The predicted molar refractivity (Wildman–Crippen MR) is 58.0 cm³/mol. The van der Waals surface area contributed by atoms with E-state index in [1.807, 2.05) is 0 Å². The quantitative estimate of drug-likeness (QED) is 0.330. The van der Waals surface area contributed by atoms with Gasteiger partial charge in [0.15, 0.2) is 46.5 Å². The van der Waals surface area contributed by atoms with Crippen LogP contribution in [0.25, 0.3) is 11.1 Å². The molecule has 23 heavy (non-hydrogen) atoms. The largest absolute Gasteiger partial charge is 0.537 e. The Bertz CT molecular complexity index is 788. The SMILES string of the molecule is [F][Al][c]1c(F)c(F)c(F)c(F)c1-c1c(F)c(F)c(F)c(F)c1F. The Hall–Kier alpha value is -1.73. The summed E-state index contributed by atoms with van der Waals surface area (Å²) in [7, 11) is 0. The maximum absolute atomic E-state index is 13.7. The van der Waals surface area contributed by atoms with Gasteiger partial charge in [0.05, 0.1) is 5.56 Å². The van der Waals surface area contributed by atoms with Crippen LogP contribution >= 0.6 is 0 Å². The highest BCUT2D eigenvalue weighted by Gasteiger charge is 2.34. The second-order valence-electron chi connectivity index (χ2n) is 4.10. The van der Waals surface area contributed by atoms with E-state index in [9.17, 15) is 43.0 Å². The summed E-state index contributed by atoms with van der Waals surface area (Å²) >= 11 is -2.90. The molecule has 2 aromatic carbocycles. The molecule has 0 heterocycles. The molecule has 1 radical (unpaired) electrons. The molecule has 0 unspecified atom stereocenters. The highest BCUT2D eigenvalue weighted by Crippen LogP contribution is 2.34. The van der Waals surface area contributed by atoms with Crippen LogP contribution in [0.4, 0.5) is 43.0 Å². The maximum atomic E-state index is 13.7. The van der Waals surface area contributed by atoms with Gasteiger partial charge in [-0.05, 0) is 4.43 Å². The lowest BCUT2D eigenvalue weighted by molar-refractivity contribution is 0.379. The van der Waals surface area contributed by atoms with Gasteiger partial charge in [-0.15, -0.1) is 0 Å². The normalized spacial score (nSPS) is 11.0. The van der Waals surface area contributed by atoms with Gasteiger partial charge in [-0.25, -0.2) is 39.5 Å². The van der Waals surface area contributed by atoms with Crippen LogP contribution in [0.2, 0.25) is 0 Å². The molecule has 0 fully saturated rings. The molecule has 0 aliphatic heterocycles. The van der Waals surface area contributed by atoms with E-state index in [1.54, 1.807) is 0 Å². The topological polar surface area (TPSA) is 0 Å². The molecule has 0 saturated heterocycles. The third-order valence-corrected chi connectivity index (χ3v) is 3.63. The minimum atomic E-state index is -2.90. The van der Waals surface area contributed by atoms with Gasteiger partial charge in [0.25, 0.3) is 0 Å². The van der Waals surface area contributed by atoms with E-state index in [-0.39, 0.29) is 0 Å². The summed E-state index contributed by atoms with van der Waals surface area (Å²) in [5.74, 6) is -22.8. The molecule has 2 aromatic rings. The average Bonchev–Trinajstić information content (AvgIpc) is 2.54. The minimum Gasteiger partial charge on any atom is -0.424 e. The van der Waals surface area contributed by atoms with E-state index in [2.05, 4.69) is 0 Å². The van der Waals surface area contributed by atoms with E-state index < -0.39 is 83.6 Å². The van der Waals surface area contributed by atoms with Crippen LogP contribution < -0.4 is 4.43 Å². The van der Waals surface area contributed by atoms with Crippen molar-refractivity contribution in [3.05, 3.63) is 52.4 Å². The van der Waals surface area contributed by atoms with Gasteiger partial charge in [-0.3, -0.25) is 0 Å². The van der Waals surface area contributed by atoms with Crippen LogP contribution in [-0.2, 0) is 0 Å². The smallest absolute Gasteiger partial charge is 0.424 e. The number of benzene rings is 2. The van der Waals surface area contributed by atoms with Crippen LogP contribution in [-0.4, -0.2) is 15.7 Å². The number of rotatable bonds is 2. The zero-order valence-corrected chi connectivity index (χ0v) is 11.5. The molecule has 0 amide bonds. The van der Waals surface area contributed by atoms with Gasteiger partial charge >= 0.3 is 15.7 Å². The van der Waals surface area contributed by atoms with Crippen molar-refractivity contribution in [3.63, 3.8) is 0 Å². The molecule has 121 valence electrons. The molecule has 0 aromatic heterocycles. The zero-order valence-electron chi connectivity index (χ0n) is 10.4. The van der Waals surface area contributed by atoms with E-state index >= 15 is 0 Å². The van der Waals surface area contributed by atoms with E-state index in [1.165, 1.54) is 0 Å². The Kier molecular flexibility index (Phi) is 4.64. The molecule has 0 saturated carbocycles. The summed E-state index contributed by atoms with van der Waals surface area (Å²) in [5, 5.41) is 0. The summed E-state index contributed by atoms with van der Waals surface area (Å²) in [5.41, 5.74) is -3.98. The van der Waals surface area contributed by atoms with Gasteiger partial charge in [-0.2, -0.15) is 0 Å². The summed E-state index contributed by atoms with van der Waals surface area (Å²) in [6.07, 6.45) is 0. The van der Waals surface area contributed by atoms with Crippen molar-refractivity contribution >= 4 is 20.1 Å². The minimum absolute atomic E-state index is 1.65. The lowest BCUT2D eigenvalue weighted by Crippen LogP contribution is -2.25. The zero-order chi connectivity index (χ0) is 17.6. The molecule has 0 spiro atoms. The standard InChI is InChI=1S/C12F9.Al.FH/c13-3-1-2(5(14)9(18)6(3)15)4-7(16)10(19)12(21)11(20)8(4)17;;/h;;1H/q;+1;/p-1. The summed E-state index contributed by atoms with van der Waals surface area (Å²) in [4.78, 5) is 0. The Morgan fingerprint density at radius 1 is 0.391 bits per heavy atom. The van der Waals surface area contributed by atoms with Gasteiger partial charge in [0.2, 0.25) is 5.82 Å². The fourth-order valence-corrected chi connectivity index (χ4v) is 2.42. The lowest BCUT2D eigenvalue weighted by Gasteiger charge is -2.14. The van der Waals surface area contributed by atoms with E-state index in [0.717, 1.165) is 0 Å². The van der Waals surface area contributed by atoms with Crippen molar-refractivity contribution in [2.45, 2.75) is 0 Å². The van der Waals surface area contributed by atoms with Gasteiger partial charge < -0.3 is 3.52 Å². The fraction of sp³-hybridized carbons (Fsp3) is 0. The Morgan fingerprint density at radius 2 is 0.696 bits per heavy atom.